The monoisotopic (exact) mass is 378 g/mol. The summed E-state index contributed by atoms with van der Waals surface area (Å²) in [7, 11) is 0. The molecule has 1 aromatic heterocycles. The first kappa shape index (κ1) is 13.9. The normalized spacial score (nSPS) is 10.8. The third-order valence-corrected chi connectivity index (χ3v) is 3.65. The van der Waals surface area contributed by atoms with Crippen molar-refractivity contribution in [1.29, 1.82) is 0 Å². The molecule has 0 amide bonds. The Bertz CT molecular complexity index is 641. The molecular weight excluding hydrogens is 369 g/mol. The predicted octanol–water partition coefficient (Wildman–Crippen LogP) is 2.95. The van der Waals surface area contributed by atoms with Gasteiger partial charge in [0, 0.05) is 5.56 Å². The summed E-state index contributed by atoms with van der Waals surface area (Å²) in [5.41, 5.74) is 1.02. The number of benzene rings is 1. The third kappa shape index (κ3) is 3.28. The number of hydrogen-bond donors (Lipinski definition) is 1. The van der Waals surface area contributed by atoms with Crippen LogP contribution in [0.2, 0.25) is 0 Å². The molecule has 2 rings (SSSR count). The summed E-state index contributed by atoms with van der Waals surface area (Å²) in [6.07, 6.45) is 0. The first-order chi connectivity index (χ1) is 8.97. The zero-order valence-corrected chi connectivity index (χ0v) is 11.9. The Labute approximate surface area is 121 Å². The molecule has 0 saturated heterocycles. The van der Waals surface area contributed by atoms with E-state index in [1.54, 1.807) is 19.1 Å². The van der Waals surface area contributed by atoms with Gasteiger partial charge in [-0.15, -0.1) is 0 Å². The van der Waals surface area contributed by atoms with Gasteiger partial charge in [0.1, 0.15) is 11.6 Å². The highest BCUT2D eigenvalue weighted by molar-refractivity contribution is 14.1. The number of aromatic nitrogens is 2. The fourth-order valence-electron chi connectivity index (χ4n) is 1.50. The van der Waals surface area contributed by atoms with Crippen LogP contribution in [-0.4, -0.2) is 16.6 Å². The number of aromatic amines is 1. The molecule has 0 aliphatic heterocycles. The Morgan fingerprint density at radius 1 is 1.32 bits per heavy atom. The van der Waals surface area contributed by atoms with Gasteiger partial charge in [-0.3, -0.25) is 4.79 Å². The molecule has 0 fully saturated rings. The quantitative estimate of drug-likeness (QED) is 0.836. The minimum Gasteiger partial charge on any atom is -0.435 e. The van der Waals surface area contributed by atoms with Crippen LogP contribution in [0.1, 0.15) is 5.69 Å². The van der Waals surface area contributed by atoms with Crippen molar-refractivity contribution in [1.82, 2.24) is 9.97 Å². The minimum atomic E-state index is -2.86. The average Bonchev–Trinajstić information content (AvgIpc) is 2.35. The SMILES string of the molecule is Cc1nc(-c2ccc(OC(F)F)cc2)[nH]c(=O)c1I. The molecule has 7 heteroatoms. The van der Waals surface area contributed by atoms with Gasteiger partial charge in [-0.25, -0.2) is 4.98 Å². The predicted molar refractivity (Wildman–Crippen MR) is 74.4 cm³/mol. The summed E-state index contributed by atoms with van der Waals surface area (Å²) in [6.45, 7) is -1.13. The Balaban J connectivity index is 2.35. The van der Waals surface area contributed by atoms with E-state index in [4.69, 9.17) is 0 Å². The van der Waals surface area contributed by atoms with Crippen LogP contribution in [0.15, 0.2) is 29.1 Å². The lowest BCUT2D eigenvalue weighted by Gasteiger charge is -2.06. The van der Waals surface area contributed by atoms with Crippen molar-refractivity contribution in [2.75, 3.05) is 0 Å². The van der Waals surface area contributed by atoms with Crippen LogP contribution in [0, 0.1) is 10.5 Å². The van der Waals surface area contributed by atoms with E-state index in [1.165, 1.54) is 12.1 Å². The lowest BCUT2D eigenvalue weighted by Crippen LogP contribution is -2.14. The van der Waals surface area contributed by atoms with Crippen molar-refractivity contribution >= 4 is 22.6 Å². The van der Waals surface area contributed by atoms with Crippen molar-refractivity contribution in [3.05, 3.63) is 43.9 Å². The third-order valence-electron chi connectivity index (χ3n) is 2.38. The van der Waals surface area contributed by atoms with Crippen molar-refractivity contribution < 1.29 is 13.5 Å². The molecule has 0 aliphatic rings. The molecule has 4 nitrogen and oxygen atoms in total. The lowest BCUT2D eigenvalue weighted by atomic mass is 10.2. The Morgan fingerprint density at radius 3 is 2.47 bits per heavy atom. The fraction of sp³-hybridized carbons (Fsp3) is 0.167. The van der Waals surface area contributed by atoms with Gasteiger partial charge in [0.15, 0.2) is 0 Å². The molecule has 0 spiro atoms. The van der Waals surface area contributed by atoms with Crippen LogP contribution in [0.4, 0.5) is 8.78 Å². The van der Waals surface area contributed by atoms with Gasteiger partial charge in [0.25, 0.3) is 5.56 Å². The van der Waals surface area contributed by atoms with Crippen LogP contribution in [0.25, 0.3) is 11.4 Å². The summed E-state index contributed by atoms with van der Waals surface area (Å²) in [6, 6.07) is 5.91. The maximum atomic E-state index is 12.0. The summed E-state index contributed by atoms with van der Waals surface area (Å²) in [4.78, 5) is 18.5. The zero-order valence-electron chi connectivity index (χ0n) is 9.78. The zero-order chi connectivity index (χ0) is 14.0. The molecule has 100 valence electrons. The van der Waals surface area contributed by atoms with E-state index < -0.39 is 6.61 Å². The summed E-state index contributed by atoms with van der Waals surface area (Å²) < 4.78 is 28.8. The minimum absolute atomic E-state index is 0.0586. The topological polar surface area (TPSA) is 55.0 Å². The molecule has 1 aromatic carbocycles. The van der Waals surface area contributed by atoms with Crippen LogP contribution in [0.3, 0.4) is 0 Å². The second-order valence-corrected chi connectivity index (χ2v) is 4.80. The van der Waals surface area contributed by atoms with Gasteiger partial charge >= 0.3 is 6.61 Å². The molecular formula is C12H9F2IN2O2. The lowest BCUT2D eigenvalue weighted by molar-refractivity contribution is -0.0498. The number of ether oxygens (including phenoxy) is 1. The van der Waals surface area contributed by atoms with Crippen molar-refractivity contribution in [3.63, 3.8) is 0 Å². The first-order valence-corrected chi connectivity index (χ1v) is 6.37. The number of nitrogens with one attached hydrogen (secondary N) is 1. The van der Waals surface area contributed by atoms with E-state index in [2.05, 4.69) is 14.7 Å². The number of aryl methyl sites for hydroxylation is 1. The second-order valence-electron chi connectivity index (χ2n) is 3.72. The molecule has 19 heavy (non-hydrogen) atoms. The molecule has 1 heterocycles. The van der Waals surface area contributed by atoms with Gasteiger partial charge in [0.05, 0.1) is 9.26 Å². The average molecular weight is 378 g/mol. The van der Waals surface area contributed by atoms with Crippen molar-refractivity contribution in [3.8, 4) is 17.1 Å². The van der Waals surface area contributed by atoms with Crippen molar-refractivity contribution in [2.45, 2.75) is 13.5 Å². The second kappa shape index (κ2) is 5.64. The summed E-state index contributed by atoms with van der Waals surface area (Å²) in [5, 5.41) is 0. The largest absolute Gasteiger partial charge is 0.435 e. The molecule has 0 unspecified atom stereocenters. The summed E-state index contributed by atoms with van der Waals surface area (Å²) >= 11 is 1.91. The smallest absolute Gasteiger partial charge is 0.387 e. The van der Waals surface area contributed by atoms with E-state index in [0.29, 0.717) is 20.7 Å². The molecule has 0 aliphatic carbocycles. The highest BCUT2D eigenvalue weighted by Crippen LogP contribution is 2.20. The van der Waals surface area contributed by atoms with Gasteiger partial charge < -0.3 is 9.72 Å². The van der Waals surface area contributed by atoms with E-state index in [-0.39, 0.29) is 11.3 Å². The van der Waals surface area contributed by atoms with Crippen LogP contribution < -0.4 is 10.3 Å². The molecule has 0 atom stereocenters. The molecule has 0 saturated carbocycles. The van der Waals surface area contributed by atoms with Gasteiger partial charge in [-0.2, -0.15) is 8.78 Å². The van der Waals surface area contributed by atoms with Gasteiger partial charge in [-0.1, -0.05) is 0 Å². The fourth-order valence-corrected chi connectivity index (χ4v) is 1.76. The van der Waals surface area contributed by atoms with E-state index >= 15 is 0 Å². The Morgan fingerprint density at radius 2 is 1.95 bits per heavy atom. The number of H-pyrrole nitrogens is 1. The van der Waals surface area contributed by atoms with E-state index in [9.17, 15) is 13.6 Å². The molecule has 2 aromatic rings. The summed E-state index contributed by atoms with van der Waals surface area (Å²) in [5.74, 6) is 0.454. The Kier molecular flexibility index (Phi) is 4.13. The number of halogens is 3. The first-order valence-electron chi connectivity index (χ1n) is 5.29. The van der Waals surface area contributed by atoms with Crippen LogP contribution in [-0.2, 0) is 0 Å². The van der Waals surface area contributed by atoms with Gasteiger partial charge in [0.2, 0.25) is 0 Å². The van der Waals surface area contributed by atoms with Crippen LogP contribution >= 0.6 is 22.6 Å². The molecule has 0 radical (unpaired) electrons. The number of alkyl halides is 2. The highest BCUT2D eigenvalue weighted by Gasteiger charge is 2.08. The van der Waals surface area contributed by atoms with E-state index in [1.807, 2.05) is 22.6 Å². The maximum Gasteiger partial charge on any atom is 0.387 e. The molecule has 1 N–H and O–H groups in total. The van der Waals surface area contributed by atoms with Crippen LogP contribution in [0.5, 0.6) is 5.75 Å². The van der Waals surface area contributed by atoms with Crippen molar-refractivity contribution in [2.24, 2.45) is 0 Å². The highest BCUT2D eigenvalue weighted by atomic mass is 127. The number of nitrogens with zero attached hydrogens (tertiary/aromatic N) is 1. The maximum absolute atomic E-state index is 12.0. The van der Waals surface area contributed by atoms with Gasteiger partial charge in [-0.05, 0) is 53.8 Å². The number of hydrogen-bond acceptors (Lipinski definition) is 3. The number of rotatable bonds is 3. The Hall–Kier alpha value is -1.51. The molecule has 0 bridgehead atoms. The standard InChI is InChI=1S/C12H9F2IN2O2/c1-6-9(15)11(18)17-10(16-6)7-2-4-8(5-3-7)19-12(13)14/h2-5,12H,1H3,(H,16,17,18). The van der Waals surface area contributed by atoms with E-state index in [0.717, 1.165) is 0 Å².